The van der Waals surface area contributed by atoms with Gasteiger partial charge in [-0.2, -0.15) is 14.5 Å². The van der Waals surface area contributed by atoms with Crippen molar-refractivity contribution >= 4 is 28.7 Å². The summed E-state index contributed by atoms with van der Waals surface area (Å²) in [7, 11) is 0. The van der Waals surface area contributed by atoms with E-state index in [-0.39, 0.29) is 11.6 Å². The van der Waals surface area contributed by atoms with Gasteiger partial charge >= 0.3 is 0 Å². The van der Waals surface area contributed by atoms with Crippen molar-refractivity contribution in [3.05, 3.63) is 41.3 Å². The van der Waals surface area contributed by atoms with Crippen molar-refractivity contribution in [2.45, 2.75) is 6.92 Å². The zero-order valence-electron chi connectivity index (χ0n) is 13.5. The Labute approximate surface area is 147 Å². The third kappa shape index (κ3) is 2.39. The number of rotatable bonds is 4. The molecule has 2 aliphatic heterocycles. The predicted octanol–water partition coefficient (Wildman–Crippen LogP) is 0.410. The zero-order chi connectivity index (χ0) is 17.1. The molecule has 2 fully saturated rings. The van der Waals surface area contributed by atoms with Gasteiger partial charge in [-0.3, -0.25) is 9.59 Å². The summed E-state index contributed by atoms with van der Waals surface area (Å²) in [4.78, 5) is 33.9. The molecule has 4 heterocycles. The number of nitrogens with zero attached hydrogens (tertiary/aromatic N) is 6. The fourth-order valence-corrected chi connectivity index (χ4v) is 3.48. The van der Waals surface area contributed by atoms with Crippen LogP contribution in [0.5, 0.6) is 0 Å². The molecule has 0 N–H and O–H groups in total. The van der Waals surface area contributed by atoms with E-state index in [9.17, 15) is 9.59 Å². The second kappa shape index (κ2) is 5.09. The number of aromatic nitrogens is 4. The lowest BCUT2D eigenvalue weighted by atomic mass is 9.96. The fourth-order valence-electron chi connectivity index (χ4n) is 2.87. The number of ketones is 2. The number of hydrogen-bond acceptors (Lipinski definition) is 8. The molecule has 8 nitrogen and oxygen atoms in total. The van der Waals surface area contributed by atoms with Crippen LogP contribution in [0.1, 0.15) is 11.4 Å². The summed E-state index contributed by atoms with van der Waals surface area (Å²) in [5.41, 5.74) is 2.21. The molecule has 9 heteroatoms. The van der Waals surface area contributed by atoms with Crippen LogP contribution in [0.15, 0.2) is 29.9 Å². The fraction of sp³-hybridized carbons (Fsp3) is 0.312. The molecular formula is C16H14N6O2S. The largest absolute Gasteiger partial charge is 0.365 e. The number of aryl methyl sites for hydroxylation is 1. The van der Waals surface area contributed by atoms with Gasteiger partial charge in [0.05, 0.1) is 17.5 Å². The van der Waals surface area contributed by atoms with Crippen molar-refractivity contribution in [3.63, 3.8) is 0 Å². The predicted molar refractivity (Wildman–Crippen MR) is 89.9 cm³/mol. The second-order valence-electron chi connectivity index (χ2n) is 6.28. The van der Waals surface area contributed by atoms with Crippen LogP contribution in [0.2, 0.25) is 0 Å². The monoisotopic (exact) mass is 354 g/mol. The first-order chi connectivity index (χ1) is 12.1. The second-order valence-corrected chi connectivity index (χ2v) is 7.01. The maximum absolute atomic E-state index is 13.0. The minimum absolute atomic E-state index is 0.139. The third-order valence-electron chi connectivity index (χ3n) is 4.30. The molecule has 0 atom stereocenters. The number of allylic oxidation sites excluding steroid dienone is 2. The van der Waals surface area contributed by atoms with Gasteiger partial charge in [0.25, 0.3) is 0 Å². The Morgan fingerprint density at radius 2 is 1.88 bits per heavy atom. The number of carbonyl (C=O) groups excluding carboxylic acids is 2. The van der Waals surface area contributed by atoms with Gasteiger partial charge in [-0.1, -0.05) is 0 Å². The zero-order valence-corrected chi connectivity index (χ0v) is 14.3. The van der Waals surface area contributed by atoms with Crippen LogP contribution in [0.4, 0.5) is 0 Å². The Morgan fingerprint density at radius 3 is 2.52 bits per heavy atom. The minimum Gasteiger partial charge on any atom is -0.365 e. The molecule has 3 aliphatic rings. The average molecular weight is 354 g/mol. The lowest BCUT2D eigenvalue weighted by Gasteiger charge is -2.18. The quantitative estimate of drug-likeness (QED) is 0.581. The van der Waals surface area contributed by atoms with E-state index >= 15 is 0 Å². The van der Waals surface area contributed by atoms with Crippen molar-refractivity contribution < 1.29 is 9.59 Å². The molecule has 2 aromatic rings. The van der Waals surface area contributed by atoms with E-state index in [4.69, 9.17) is 0 Å². The summed E-state index contributed by atoms with van der Waals surface area (Å²) in [6.45, 7) is 5.11. The van der Waals surface area contributed by atoms with E-state index in [1.54, 1.807) is 10.9 Å². The Balaban J connectivity index is 1.60. The standard InChI is InChI=1S/C16H14N6O2S/c1-9-7-17-22(8-9)16-18-15(19-25-16)12-13(21-4-5-21)11(23)6-10(14(12)24)20-2-3-20/h6-8H,2-5H2,1H3. The first kappa shape index (κ1) is 14.5. The van der Waals surface area contributed by atoms with Crippen molar-refractivity contribution in [2.75, 3.05) is 26.2 Å². The summed E-state index contributed by atoms with van der Waals surface area (Å²) in [5, 5.41) is 4.80. The Morgan fingerprint density at radius 1 is 1.12 bits per heavy atom. The van der Waals surface area contributed by atoms with E-state index in [2.05, 4.69) is 14.5 Å². The van der Waals surface area contributed by atoms with E-state index in [1.807, 2.05) is 22.9 Å². The maximum atomic E-state index is 13.0. The first-order valence-electron chi connectivity index (χ1n) is 8.02. The molecule has 25 heavy (non-hydrogen) atoms. The topological polar surface area (TPSA) is 83.8 Å². The molecule has 2 saturated heterocycles. The highest BCUT2D eigenvalue weighted by Crippen LogP contribution is 2.34. The molecule has 0 radical (unpaired) electrons. The van der Waals surface area contributed by atoms with E-state index in [1.165, 1.54) is 6.08 Å². The van der Waals surface area contributed by atoms with Gasteiger partial charge < -0.3 is 9.80 Å². The van der Waals surface area contributed by atoms with Crippen LogP contribution in [0.3, 0.4) is 0 Å². The van der Waals surface area contributed by atoms with Crippen LogP contribution < -0.4 is 0 Å². The molecule has 126 valence electrons. The van der Waals surface area contributed by atoms with Gasteiger partial charge in [-0.15, -0.1) is 0 Å². The van der Waals surface area contributed by atoms with Crippen molar-refractivity contribution in [1.29, 1.82) is 0 Å². The summed E-state index contributed by atoms with van der Waals surface area (Å²) in [6.07, 6.45) is 5.04. The van der Waals surface area contributed by atoms with Crippen LogP contribution >= 0.6 is 11.5 Å². The maximum Gasteiger partial charge on any atom is 0.230 e. The van der Waals surface area contributed by atoms with Crippen LogP contribution in [-0.4, -0.2) is 66.7 Å². The summed E-state index contributed by atoms with van der Waals surface area (Å²) < 4.78 is 5.98. The number of hydrogen-bond donors (Lipinski definition) is 0. The van der Waals surface area contributed by atoms with Crippen LogP contribution in [0.25, 0.3) is 10.7 Å². The van der Waals surface area contributed by atoms with Gasteiger partial charge in [-0.05, 0) is 12.5 Å². The Hall–Kier alpha value is -2.81. The summed E-state index contributed by atoms with van der Waals surface area (Å²) in [5.74, 6) is 0.00105. The molecular weight excluding hydrogens is 340 g/mol. The van der Waals surface area contributed by atoms with Crippen molar-refractivity contribution in [2.24, 2.45) is 0 Å². The summed E-state index contributed by atoms with van der Waals surface area (Å²) in [6, 6.07) is 0. The van der Waals surface area contributed by atoms with Gasteiger partial charge in [0.2, 0.25) is 16.7 Å². The highest BCUT2D eigenvalue weighted by Gasteiger charge is 2.41. The lowest BCUT2D eigenvalue weighted by Crippen LogP contribution is -2.26. The van der Waals surface area contributed by atoms with E-state index in [0.29, 0.717) is 27.9 Å². The number of carbonyl (C=O) groups is 2. The molecule has 0 bridgehead atoms. The highest BCUT2D eigenvalue weighted by molar-refractivity contribution is 7.08. The Bertz CT molecular complexity index is 976. The van der Waals surface area contributed by atoms with Gasteiger partial charge in [0.1, 0.15) is 5.70 Å². The van der Waals surface area contributed by atoms with Gasteiger partial charge in [0.15, 0.2) is 5.82 Å². The van der Waals surface area contributed by atoms with Crippen LogP contribution in [-0.2, 0) is 9.59 Å². The molecule has 0 amide bonds. The Kier molecular flexibility index (Phi) is 2.96. The van der Waals surface area contributed by atoms with Gasteiger partial charge in [0, 0.05) is 50.0 Å². The normalized spacial score (nSPS) is 19.6. The molecule has 1 aliphatic carbocycles. The first-order valence-corrected chi connectivity index (χ1v) is 8.80. The molecule has 5 rings (SSSR count). The molecule has 0 saturated carbocycles. The molecule has 0 unspecified atom stereocenters. The van der Waals surface area contributed by atoms with E-state index in [0.717, 1.165) is 43.3 Å². The minimum atomic E-state index is -0.167. The van der Waals surface area contributed by atoms with E-state index < -0.39 is 0 Å². The van der Waals surface area contributed by atoms with Crippen LogP contribution in [0, 0.1) is 6.92 Å². The SMILES string of the molecule is Cc1cnn(-c2nc(C3=C(N4CC4)C(=O)C=C(N4CC4)C3=O)ns2)c1. The molecule has 0 spiro atoms. The molecule has 0 aromatic carbocycles. The average Bonchev–Trinajstić information content (AvgIpc) is 3.51. The van der Waals surface area contributed by atoms with Crippen molar-refractivity contribution in [1.82, 2.24) is 28.9 Å². The lowest BCUT2D eigenvalue weighted by molar-refractivity contribution is -0.115. The summed E-state index contributed by atoms with van der Waals surface area (Å²) >= 11 is 1.16. The smallest absolute Gasteiger partial charge is 0.230 e. The third-order valence-corrected chi connectivity index (χ3v) is 5.00. The highest BCUT2D eigenvalue weighted by atomic mass is 32.1. The number of Topliss-reactive ketones (excluding diaryl/α,β-unsaturated/α-hetero) is 1. The van der Waals surface area contributed by atoms with Crippen molar-refractivity contribution in [3.8, 4) is 5.13 Å². The van der Waals surface area contributed by atoms with Gasteiger partial charge in [-0.25, -0.2) is 4.68 Å². The molecule has 2 aromatic heterocycles.